The van der Waals surface area contributed by atoms with Gasteiger partial charge in [0.05, 0.1) is 18.1 Å². The van der Waals surface area contributed by atoms with Gasteiger partial charge in [0.15, 0.2) is 0 Å². The van der Waals surface area contributed by atoms with E-state index < -0.39 is 35.0 Å². The molecule has 8 nitrogen and oxygen atoms in total. The first-order chi connectivity index (χ1) is 17.2. The molecule has 1 spiro atoms. The standard InChI is InChI=1S/C28H46N2O6/c1-6-9-12-16-29(15-7-2)25(33)23-28-19-20(4)27(5,36-28)22(26(34)35-8-3)21(28)24(32)30(23)17-13-10-11-14-18-31/h7,20-23,31H,2,6,8-19H2,1,3-5H3/t20?,21-,22-,23?,27+,28?/m0/s1. The molecule has 0 saturated carbocycles. The molecule has 2 bridgehead atoms. The van der Waals surface area contributed by atoms with E-state index in [0.717, 1.165) is 44.9 Å². The molecule has 0 aromatic carbocycles. The topological polar surface area (TPSA) is 96.4 Å². The van der Waals surface area contributed by atoms with E-state index in [1.165, 1.54) is 0 Å². The van der Waals surface area contributed by atoms with Gasteiger partial charge in [-0.05, 0) is 45.4 Å². The van der Waals surface area contributed by atoms with Crippen LogP contribution < -0.4 is 0 Å². The van der Waals surface area contributed by atoms with Gasteiger partial charge in [0.1, 0.15) is 17.6 Å². The van der Waals surface area contributed by atoms with Gasteiger partial charge in [-0.2, -0.15) is 0 Å². The number of amides is 2. The number of rotatable bonds is 15. The number of hydrogen-bond acceptors (Lipinski definition) is 6. The molecule has 0 aliphatic carbocycles. The van der Waals surface area contributed by atoms with Crippen molar-refractivity contribution in [3.63, 3.8) is 0 Å². The van der Waals surface area contributed by atoms with Crippen molar-refractivity contribution in [3.05, 3.63) is 12.7 Å². The van der Waals surface area contributed by atoms with Gasteiger partial charge >= 0.3 is 5.97 Å². The summed E-state index contributed by atoms with van der Waals surface area (Å²) >= 11 is 0. The summed E-state index contributed by atoms with van der Waals surface area (Å²) in [4.78, 5) is 44.9. The number of unbranched alkanes of at least 4 members (excludes halogenated alkanes) is 5. The maximum Gasteiger partial charge on any atom is 0.312 e. The molecule has 3 unspecified atom stereocenters. The minimum atomic E-state index is -1.03. The van der Waals surface area contributed by atoms with E-state index in [1.807, 2.05) is 13.8 Å². The van der Waals surface area contributed by atoms with Crippen LogP contribution >= 0.6 is 0 Å². The van der Waals surface area contributed by atoms with Crippen LogP contribution in [0.25, 0.3) is 0 Å². The zero-order valence-electron chi connectivity index (χ0n) is 22.7. The Labute approximate surface area is 216 Å². The lowest BCUT2D eigenvalue weighted by molar-refractivity contribution is -0.161. The molecule has 0 aromatic heterocycles. The highest BCUT2D eigenvalue weighted by Gasteiger charge is 2.80. The highest BCUT2D eigenvalue weighted by atomic mass is 16.6. The Morgan fingerprint density at radius 2 is 1.94 bits per heavy atom. The molecular formula is C28H46N2O6. The highest BCUT2D eigenvalue weighted by Crippen LogP contribution is 2.65. The Bertz CT molecular complexity index is 818. The predicted octanol–water partition coefficient (Wildman–Crippen LogP) is 3.32. The Morgan fingerprint density at radius 1 is 1.22 bits per heavy atom. The molecule has 3 aliphatic heterocycles. The van der Waals surface area contributed by atoms with Gasteiger partial charge in [0.25, 0.3) is 0 Å². The number of fused-ring (bicyclic) bond motifs is 1. The van der Waals surface area contributed by atoms with Gasteiger partial charge in [-0.1, -0.05) is 45.6 Å². The summed E-state index contributed by atoms with van der Waals surface area (Å²) in [7, 11) is 0. The zero-order valence-corrected chi connectivity index (χ0v) is 22.7. The number of hydrogen-bond donors (Lipinski definition) is 1. The van der Waals surface area contributed by atoms with E-state index in [1.54, 1.807) is 22.8 Å². The van der Waals surface area contributed by atoms with E-state index >= 15 is 0 Å². The first-order valence-electron chi connectivity index (χ1n) is 13.9. The van der Waals surface area contributed by atoms with E-state index in [4.69, 9.17) is 14.6 Å². The maximum atomic E-state index is 14.2. The van der Waals surface area contributed by atoms with Crippen LogP contribution in [0, 0.1) is 17.8 Å². The SMILES string of the molecule is C=CCN(CCCCC)C(=O)C1N(CCCCCCO)C(=O)[C@@H]2[C@@H](C(=O)OCC)[C@]3(C)OC12CC3C. The predicted molar refractivity (Wildman–Crippen MR) is 137 cm³/mol. The van der Waals surface area contributed by atoms with Gasteiger partial charge in [-0.3, -0.25) is 14.4 Å². The van der Waals surface area contributed by atoms with Gasteiger partial charge < -0.3 is 24.4 Å². The van der Waals surface area contributed by atoms with E-state index in [2.05, 4.69) is 13.5 Å². The van der Waals surface area contributed by atoms with Gasteiger partial charge in [-0.25, -0.2) is 0 Å². The molecule has 3 aliphatic rings. The lowest BCUT2D eigenvalue weighted by atomic mass is 9.62. The molecule has 2 amide bonds. The number of carbonyl (C=O) groups excluding carboxylic acids is 3. The number of aliphatic hydroxyl groups excluding tert-OH is 1. The molecule has 3 fully saturated rings. The third kappa shape index (κ3) is 4.95. The molecule has 36 heavy (non-hydrogen) atoms. The summed E-state index contributed by atoms with van der Waals surface area (Å²) in [6.45, 7) is 13.5. The average molecular weight is 507 g/mol. The second-order valence-electron chi connectivity index (χ2n) is 10.9. The van der Waals surface area contributed by atoms with Gasteiger partial charge in [-0.15, -0.1) is 6.58 Å². The first kappa shape index (κ1) is 28.6. The van der Waals surface area contributed by atoms with Crippen molar-refractivity contribution in [3.8, 4) is 0 Å². The molecule has 3 rings (SSSR count). The van der Waals surface area contributed by atoms with Gasteiger partial charge in [0, 0.05) is 26.2 Å². The van der Waals surface area contributed by atoms with Crippen molar-refractivity contribution in [1.82, 2.24) is 9.80 Å². The quantitative estimate of drug-likeness (QED) is 0.208. The summed E-state index contributed by atoms with van der Waals surface area (Å²) in [5.41, 5.74) is -1.88. The number of ether oxygens (including phenoxy) is 2. The fraction of sp³-hybridized carbons (Fsp3) is 0.821. The maximum absolute atomic E-state index is 14.2. The van der Waals surface area contributed by atoms with Crippen molar-refractivity contribution >= 4 is 17.8 Å². The van der Waals surface area contributed by atoms with E-state index in [9.17, 15) is 14.4 Å². The molecule has 3 saturated heterocycles. The van der Waals surface area contributed by atoms with Crippen molar-refractivity contribution in [2.45, 2.75) is 96.3 Å². The van der Waals surface area contributed by atoms with E-state index in [0.29, 0.717) is 26.1 Å². The largest absolute Gasteiger partial charge is 0.466 e. The number of likely N-dealkylation sites (tertiary alicyclic amines) is 1. The number of nitrogens with zero attached hydrogens (tertiary/aromatic N) is 2. The second kappa shape index (κ2) is 12.1. The normalized spacial score (nSPS) is 32.6. The van der Waals surface area contributed by atoms with Crippen LogP contribution in [-0.2, 0) is 23.9 Å². The Morgan fingerprint density at radius 3 is 2.58 bits per heavy atom. The lowest BCUT2D eigenvalue weighted by Crippen LogP contribution is -2.56. The fourth-order valence-corrected chi connectivity index (χ4v) is 6.77. The molecular weight excluding hydrogens is 460 g/mol. The van der Waals surface area contributed by atoms with Crippen LogP contribution in [0.5, 0.6) is 0 Å². The number of esters is 1. The monoisotopic (exact) mass is 506 g/mol. The van der Waals surface area contributed by atoms with Crippen molar-refractivity contribution < 1.29 is 29.0 Å². The van der Waals surface area contributed by atoms with E-state index in [-0.39, 0.29) is 30.9 Å². The molecule has 0 radical (unpaired) electrons. The Hall–Kier alpha value is -1.93. The Kier molecular flexibility index (Phi) is 9.61. The minimum absolute atomic E-state index is 0.00343. The molecule has 1 N–H and O–H groups in total. The van der Waals surface area contributed by atoms with Crippen LogP contribution in [0.3, 0.4) is 0 Å². The van der Waals surface area contributed by atoms with Crippen LogP contribution in [0.15, 0.2) is 12.7 Å². The molecule has 204 valence electrons. The number of carbonyl (C=O) groups is 3. The summed E-state index contributed by atoms with van der Waals surface area (Å²) in [5, 5.41) is 9.10. The van der Waals surface area contributed by atoms with Crippen molar-refractivity contribution in [1.29, 1.82) is 0 Å². The van der Waals surface area contributed by atoms with Gasteiger partial charge in [0.2, 0.25) is 11.8 Å². The summed E-state index contributed by atoms with van der Waals surface area (Å²) in [6.07, 6.45) is 8.40. The Balaban J connectivity index is 1.98. The summed E-state index contributed by atoms with van der Waals surface area (Å²) in [5.74, 6) is -2.13. The van der Waals surface area contributed by atoms with Crippen LogP contribution in [-0.4, -0.2) is 82.8 Å². The smallest absolute Gasteiger partial charge is 0.312 e. The summed E-state index contributed by atoms with van der Waals surface area (Å²) in [6, 6.07) is -0.766. The molecule has 3 heterocycles. The molecule has 0 aromatic rings. The zero-order chi connectivity index (χ0) is 26.5. The minimum Gasteiger partial charge on any atom is -0.466 e. The third-order valence-electron chi connectivity index (χ3n) is 8.59. The number of aliphatic hydroxyl groups is 1. The molecule has 8 heteroatoms. The third-order valence-corrected chi connectivity index (χ3v) is 8.59. The highest BCUT2D eigenvalue weighted by molar-refractivity contribution is 5.98. The van der Waals surface area contributed by atoms with Crippen molar-refractivity contribution in [2.75, 3.05) is 32.8 Å². The van der Waals surface area contributed by atoms with Crippen LogP contribution in [0.1, 0.15) is 79.1 Å². The van der Waals surface area contributed by atoms with Crippen molar-refractivity contribution in [2.24, 2.45) is 17.8 Å². The lowest BCUT2D eigenvalue weighted by Gasteiger charge is -2.37. The van der Waals surface area contributed by atoms with Crippen LogP contribution in [0.4, 0.5) is 0 Å². The first-order valence-corrected chi connectivity index (χ1v) is 13.9. The average Bonchev–Trinajstić information content (AvgIpc) is 3.35. The van der Waals surface area contributed by atoms with Crippen LogP contribution in [0.2, 0.25) is 0 Å². The second-order valence-corrected chi connectivity index (χ2v) is 10.9. The summed E-state index contributed by atoms with van der Waals surface area (Å²) < 4.78 is 12.2. The fourth-order valence-electron chi connectivity index (χ4n) is 6.77. The molecule has 6 atom stereocenters.